The smallest absolute Gasteiger partial charge is 0.394 e. The lowest BCUT2D eigenvalue weighted by molar-refractivity contribution is -0.390. The van der Waals surface area contributed by atoms with E-state index in [9.17, 15) is 20.3 Å². The van der Waals surface area contributed by atoms with Gasteiger partial charge in [0.1, 0.15) is 18.3 Å². The Morgan fingerprint density at radius 1 is 1.53 bits per heavy atom. The van der Waals surface area contributed by atoms with Gasteiger partial charge in [0.15, 0.2) is 6.20 Å². The summed E-state index contributed by atoms with van der Waals surface area (Å²) in [5.41, 5.74) is 0. The number of rotatable bonds is 3. The molecule has 1 aromatic rings. The molecule has 2 heterocycles. The van der Waals surface area contributed by atoms with Crippen LogP contribution in [0, 0.1) is 10.1 Å². The molecule has 0 aliphatic carbocycles. The SMILES string of the molecule is O=[N+]([O-])c1cnn([C@@H]2O[C@H](CO)[C@@H](O)[C@H]2O)n1. The maximum absolute atomic E-state index is 10.4. The molecule has 4 atom stereocenters. The van der Waals surface area contributed by atoms with Gasteiger partial charge in [-0.3, -0.25) is 0 Å². The molecular weight excluding hydrogens is 236 g/mol. The summed E-state index contributed by atoms with van der Waals surface area (Å²) in [7, 11) is 0. The summed E-state index contributed by atoms with van der Waals surface area (Å²) in [4.78, 5) is 10.4. The second kappa shape index (κ2) is 4.33. The maximum atomic E-state index is 10.4. The molecule has 1 saturated heterocycles. The van der Waals surface area contributed by atoms with Gasteiger partial charge in [0, 0.05) is 0 Å². The molecule has 0 radical (unpaired) electrons. The Bertz CT molecular complexity index is 422. The minimum absolute atomic E-state index is 0.488. The Balaban J connectivity index is 2.19. The lowest BCUT2D eigenvalue weighted by Gasteiger charge is -2.10. The van der Waals surface area contributed by atoms with Gasteiger partial charge < -0.3 is 30.2 Å². The van der Waals surface area contributed by atoms with Gasteiger partial charge in [-0.1, -0.05) is 4.80 Å². The first kappa shape index (κ1) is 11.9. The van der Waals surface area contributed by atoms with Gasteiger partial charge in [0.05, 0.1) is 11.7 Å². The zero-order valence-electron chi connectivity index (χ0n) is 8.45. The molecule has 10 heteroatoms. The minimum atomic E-state index is -1.36. The highest BCUT2D eigenvalue weighted by atomic mass is 16.6. The van der Waals surface area contributed by atoms with Crippen LogP contribution in [-0.2, 0) is 4.74 Å². The van der Waals surface area contributed by atoms with Crippen LogP contribution >= 0.6 is 0 Å². The quantitative estimate of drug-likeness (QED) is 0.402. The number of aromatic nitrogens is 3. The number of hydrogen-bond donors (Lipinski definition) is 3. The van der Waals surface area contributed by atoms with Crippen molar-refractivity contribution in [1.29, 1.82) is 0 Å². The van der Waals surface area contributed by atoms with Crippen LogP contribution in [-0.4, -0.2) is 60.2 Å². The molecule has 10 nitrogen and oxygen atoms in total. The zero-order valence-corrected chi connectivity index (χ0v) is 8.45. The van der Waals surface area contributed by atoms with Gasteiger partial charge in [-0.05, 0) is 4.92 Å². The average molecular weight is 246 g/mol. The topological polar surface area (TPSA) is 144 Å². The largest absolute Gasteiger partial charge is 0.410 e. The van der Waals surface area contributed by atoms with E-state index >= 15 is 0 Å². The van der Waals surface area contributed by atoms with Crippen molar-refractivity contribution in [2.24, 2.45) is 0 Å². The van der Waals surface area contributed by atoms with Crippen molar-refractivity contribution in [2.45, 2.75) is 24.5 Å². The van der Waals surface area contributed by atoms with Crippen LogP contribution in [0.15, 0.2) is 6.20 Å². The number of aliphatic hydroxyl groups excluding tert-OH is 3. The summed E-state index contributed by atoms with van der Waals surface area (Å²) in [6.45, 7) is -0.488. The first-order chi connectivity index (χ1) is 8.04. The molecule has 3 N–H and O–H groups in total. The number of ether oxygens (including phenoxy) is 1. The standard InChI is InChI=1S/C7H10N4O6/c12-2-3-5(13)6(14)7(17-3)10-8-1-4(9-10)11(15)16/h1,3,5-7,12-14H,2H2/t3-,5-,6-,7-/m1/s1. The van der Waals surface area contributed by atoms with E-state index in [1.807, 2.05) is 0 Å². The van der Waals surface area contributed by atoms with Crippen molar-refractivity contribution < 1.29 is 25.0 Å². The van der Waals surface area contributed by atoms with Crippen LogP contribution in [0.5, 0.6) is 0 Å². The summed E-state index contributed by atoms with van der Waals surface area (Å²) < 4.78 is 5.08. The highest BCUT2D eigenvalue weighted by molar-refractivity contribution is 5.08. The molecule has 0 bridgehead atoms. The van der Waals surface area contributed by atoms with Gasteiger partial charge in [0.2, 0.25) is 6.23 Å². The van der Waals surface area contributed by atoms with Crippen molar-refractivity contribution in [3.05, 3.63) is 16.3 Å². The second-order valence-corrected chi connectivity index (χ2v) is 3.51. The Labute approximate surface area is 94.2 Å². The fourth-order valence-electron chi connectivity index (χ4n) is 1.54. The van der Waals surface area contributed by atoms with E-state index in [4.69, 9.17) is 9.84 Å². The fraction of sp³-hybridized carbons (Fsp3) is 0.714. The predicted molar refractivity (Wildman–Crippen MR) is 49.7 cm³/mol. The molecular formula is C7H10N4O6. The van der Waals surface area contributed by atoms with Crippen molar-refractivity contribution in [1.82, 2.24) is 15.0 Å². The van der Waals surface area contributed by atoms with Crippen LogP contribution in [0.25, 0.3) is 0 Å². The molecule has 1 aromatic heterocycles. The Morgan fingerprint density at radius 3 is 2.71 bits per heavy atom. The molecule has 0 saturated carbocycles. The van der Waals surface area contributed by atoms with Crippen LogP contribution in [0.3, 0.4) is 0 Å². The van der Waals surface area contributed by atoms with E-state index < -0.39 is 41.9 Å². The fourth-order valence-corrected chi connectivity index (χ4v) is 1.54. The van der Waals surface area contributed by atoms with E-state index in [-0.39, 0.29) is 0 Å². The molecule has 94 valence electrons. The Hall–Kier alpha value is -1.62. The third kappa shape index (κ3) is 1.98. The third-order valence-corrected chi connectivity index (χ3v) is 2.43. The average Bonchev–Trinajstić information content (AvgIpc) is 2.87. The van der Waals surface area contributed by atoms with Crippen LogP contribution in [0.4, 0.5) is 5.82 Å². The number of hydrogen-bond acceptors (Lipinski definition) is 8. The van der Waals surface area contributed by atoms with Crippen LogP contribution in [0.1, 0.15) is 6.23 Å². The zero-order chi connectivity index (χ0) is 12.6. The highest BCUT2D eigenvalue weighted by Gasteiger charge is 2.46. The molecule has 0 amide bonds. The molecule has 1 aliphatic heterocycles. The first-order valence-electron chi connectivity index (χ1n) is 4.73. The van der Waals surface area contributed by atoms with E-state index in [1.54, 1.807) is 0 Å². The van der Waals surface area contributed by atoms with E-state index in [2.05, 4.69) is 10.2 Å². The van der Waals surface area contributed by atoms with Crippen LogP contribution < -0.4 is 0 Å². The number of nitrogens with zero attached hydrogens (tertiary/aromatic N) is 4. The van der Waals surface area contributed by atoms with Crippen molar-refractivity contribution in [3.63, 3.8) is 0 Å². The molecule has 0 unspecified atom stereocenters. The lowest BCUT2D eigenvalue weighted by Crippen LogP contribution is -2.33. The van der Waals surface area contributed by atoms with E-state index in [0.717, 1.165) is 11.0 Å². The monoisotopic (exact) mass is 246 g/mol. The summed E-state index contributed by atoms with van der Waals surface area (Å²) >= 11 is 0. The number of nitro groups is 1. The normalized spacial score (nSPS) is 32.9. The summed E-state index contributed by atoms with van der Waals surface area (Å²) in [5.74, 6) is -0.497. The maximum Gasteiger partial charge on any atom is 0.410 e. The van der Waals surface area contributed by atoms with Gasteiger partial charge in [-0.25, -0.2) is 0 Å². The van der Waals surface area contributed by atoms with Crippen molar-refractivity contribution >= 4 is 5.82 Å². The van der Waals surface area contributed by atoms with Gasteiger partial charge >= 0.3 is 5.82 Å². The first-order valence-corrected chi connectivity index (χ1v) is 4.73. The lowest BCUT2D eigenvalue weighted by atomic mass is 10.1. The van der Waals surface area contributed by atoms with Gasteiger partial charge in [-0.2, -0.15) is 0 Å². The Morgan fingerprint density at radius 2 is 2.24 bits per heavy atom. The molecule has 0 spiro atoms. The van der Waals surface area contributed by atoms with E-state index in [0.29, 0.717) is 0 Å². The van der Waals surface area contributed by atoms with Crippen molar-refractivity contribution in [2.75, 3.05) is 6.61 Å². The molecule has 1 aliphatic rings. The number of aliphatic hydroxyl groups is 3. The molecule has 2 rings (SSSR count). The third-order valence-electron chi connectivity index (χ3n) is 2.43. The van der Waals surface area contributed by atoms with E-state index in [1.165, 1.54) is 0 Å². The molecule has 1 fully saturated rings. The highest BCUT2D eigenvalue weighted by Crippen LogP contribution is 2.28. The summed E-state index contributed by atoms with van der Waals surface area (Å²) in [6, 6.07) is 0. The molecule has 17 heavy (non-hydrogen) atoms. The van der Waals surface area contributed by atoms with Crippen molar-refractivity contribution in [3.8, 4) is 0 Å². The predicted octanol–water partition coefficient (Wildman–Crippen LogP) is -2.20. The Kier molecular flexibility index (Phi) is 3.02. The summed E-state index contributed by atoms with van der Waals surface area (Å²) in [6.07, 6.45) is -3.89. The molecule has 0 aromatic carbocycles. The minimum Gasteiger partial charge on any atom is -0.394 e. The van der Waals surface area contributed by atoms with Gasteiger partial charge in [0.25, 0.3) is 0 Å². The second-order valence-electron chi connectivity index (χ2n) is 3.51. The van der Waals surface area contributed by atoms with Gasteiger partial charge in [-0.15, -0.1) is 5.10 Å². The summed E-state index contributed by atoms with van der Waals surface area (Å²) in [5, 5.41) is 45.4. The van der Waals surface area contributed by atoms with Crippen LogP contribution in [0.2, 0.25) is 0 Å².